The molecule has 1 fully saturated rings. The molecule has 1 aromatic carbocycles. The summed E-state index contributed by atoms with van der Waals surface area (Å²) in [6.45, 7) is 0. The van der Waals surface area contributed by atoms with Gasteiger partial charge in [-0.25, -0.2) is 0 Å². The fourth-order valence-corrected chi connectivity index (χ4v) is 4.44. The van der Waals surface area contributed by atoms with Crippen LogP contribution < -0.4 is 15.1 Å². The van der Waals surface area contributed by atoms with E-state index < -0.39 is 6.04 Å². The Morgan fingerprint density at radius 3 is 2.80 bits per heavy atom. The molecule has 1 saturated heterocycles. The van der Waals surface area contributed by atoms with Gasteiger partial charge in [-0.1, -0.05) is 30.4 Å². The van der Waals surface area contributed by atoms with Crippen LogP contribution in [-0.2, 0) is 0 Å². The van der Waals surface area contributed by atoms with Crippen LogP contribution in [0.5, 0.6) is 0 Å². The standard InChI is InChI=1S/C19H20N4O2/c24-23(25)14-11-9-13(10-12-14)21-17-7-3-4-8-18(17)22-16-6-2-1-5-15(16)20-19(21)22/h2-4,6-11,14-16,19-20H,1,5,12H2. The lowest BCUT2D eigenvalue weighted by atomic mass is 9.97. The number of benzene rings is 1. The minimum atomic E-state index is -0.611. The number of anilines is 2. The highest BCUT2D eigenvalue weighted by molar-refractivity contribution is 5.82. The minimum Gasteiger partial charge on any atom is -0.329 e. The van der Waals surface area contributed by atoms with Crippen molar-refractivity contribution in [2.45, 2.75) is 43.7 Å². The van der Waals surface area contributed by atoms with E-state index in [0.717, 1.165) is 24.2 Å². The third kappa shape index (κ3) is 2.14. The van der Waals surface area contributed by atoms with Gasteiger partial charge in [-0.3, -0.25) is 15.4 Å². The van der Waals surface area contributed by atoms with E-state index in [9.17, 15) is 10.1 Å². The Morgan fingerprint density at radius 2 is 2.04 bits per heavy atom. The lowest BCUT2D eigenvalue weighted by molar-refractivity contribution is -0.508. The van der Waals surface area contributed by atoms with Crippen molar-refractivity contribution in [1.82, 2.24) is 5.32 Å². The Morgan fingerprint density at radius 1 is 1.20 bits per heavy atom. The van der Waals surface area contributed by atoms with E-state index in [1.165, 1.54) is 5.69 Å². The molecule has 0 amide bonds. The Labute approximate surface area is 146 Å². The topological polar surface area (TPSA) is 61.7 Å². The molecule has 128 valence electrons. The van der Waals surface area contributed by atoms with Gasteiger partial charge in [0.05, 0.1) is 17.4 Å². The zero-order chi connectivity index (χ0) is 17.0. The minimum absolute atomic E-state index is 0.0678. The zero-order valence-electron chi connectivity index (χ0n) is 13.8. The maximum Gasteiger partial charge on any atom is 0.235 e. The molecule has 0 bridgehead atoms. The van der Waals surface area contributed by atoms with Gasteiger partial charge >= 0.3 is 0 Å². The Balaban J connectivity index is 1.54. The van der Waals surface area contributed by atoms with Crippen LogP contribution in [0, 0.1) is 10.1 Å². The molecular formula is C19H20N4O2. The van der Waals surface area contributed by atoms with Crippen LogP contribution in [0.2, 0.25) is 0 Å². The number of nitrogens with zero attached hydrogens (tertiary/aromatic N) is 3. The molecule has 1 N–H and O–H groups in total. The molecule has 0 saturated carbocycles. The summed E-state index contributed by atoms with van der Waals surface area (Å²) < 4.78 is 0. The van der Waals surface area contributed by atoms with Gasteiger partial charge in [0.25, 0.3) is 0 Å². The quantitative estimate of drug-likeness (QED) is 0.511. The number of rotatable bonds is 2. The molecule has 0 radical (unpaired) electrons. The summed E-state index contributed by atoms with van der Waals surface area (Å²) in [6.07, 6.45) is 13.0. The number of nitro groups is 1. The molecule has 0 aromatic heterocycles. The van der Waals surface area contributed by atoms with Crippen LogP contribution in [0.3, 0.4) is 0 Å². The Hall–Kier alpha value is -2.60. The smallest absolute Gasteiger partial charge is 0.235 e. The molecule has 25 heavy (non-hydrogen) atoms. The largest absolute Gasteiger partial charge is 0.329 e. The molecule has 2 aliphatic carbocycles. The van der Waals surface area contributed by atoms with Crippen LogP contribution >= 0.6 is 0 Å². The number of nitrogens with one attached hydrogen (secondary N) is 1. The molecule has 5 rings (SSSR count). The van der Waals surface area contributed by atoms with Crippen molar-refractivity contribution >= 4 is 11.4 Å². The monoisotopic (exact) mass is 336 g/mol. The van der Waals surface area contributed by atoms with Crippen molar-refractivity contribution < 1.29 is 4.92 Å². The third-order valence-corrected chi connectivity index (χ3v) is 5.61. The van der Waals surface area contributed by atoms with Gasteiger partial charge < -0.3 is 9.80 Å². The van der Waals surface area contributed by atoms with E-state index in [0.29, 0.717) is 18.5 Å². The number of hydrogen-bond donors (Lipinski definition) is 1. The predicted molar refractivity (Wildman–Crippen MR) is 96.9 cm³/mol. The highest BCUT2D eigenvalue weighted by Crippen LogP contribution is 2.46. The van der Waals surface area contributed by atoms with Crippen LogP contribution in [-0.4, -0.2) is 29.3 Å². The van der Waals surface area contributed by atoms with Crippen molar-refractivity contribution in [3.63, 3.8) is 0 Å². The molecule has 0 spiro atoms. The first-order chi connectivity index (χ1) is 12.2. The summed E-state index contributed by atoms with van der Waals surface area (Å²) in [5.74, 6) is 0. The second kappa shape index (κ2) is 5.46. The first-order valence-corrected chi connectivity index (χ1v) is 8.85. The molecular weight excluding hydrogens is 316 g/mol. The van der Waals surface area contributed by atoms with Crippen molar-refractivity contribution in [2.24, 2.45) is 0 Å². The molecule has 2 heterocycles. The maximum absolute atomic E-state index is 11.0. The Kier molecular flexibility index (Phi) is 3.21. The van der Waals surface area contributed by atoms with Gasteiger partial charge in [0.1, 0.15) is 0 Å². The first kappa shape index (κ1) is 14.7. The van der Waals surface area contributed by atoms with Gasteiger partial charge in [-0.15, -0.1) is 0 Å². The van der Waals surface area contributed by atoms with Crippen LogP contribution in [0.15, 0.2) is 60.3 Å². The molecule has 6 nitrogen and oxygen atoms in total. The average Bonchev–Trinajstić information content (AvgIpc) is 3.16. The lowest BCUT2D eigenvalue weighted by Crippen LogP contribution is -2.47. The van der Waals surface area contributed by atoms with Crippen molar-refractivity contribution in [1.29, 1.82) is 0 Å². The third-order valence-electron chi connectivity index (χ3n) is 5.61. The summed E-state index contributed by atoms with van der Waals surface area (Å²) in [5, 5.41) is 14.8. The average molecular weight is 336 g/mol. The summed E-state index contributed by atoms with van der Waals surface area (Å²) in [7, 11) is 0. The molecule has 4 atom stereocenters. The van der Waals surface area contributed by atoms with Crippen LogP contribution in [0.25, 0.3) is 0 Å². The van der Waals surface area contributed by atoms with Crippen LogP contribution in [0.1, 0.15) is 19.3 Å². The van der Waals surface area contributed by atoms with E-state index in [1.807, 2.05) is 12.2 Å². The van der Waals surface area contributed by atoms with Gasteiger partial charge in [-0.2, -0.15) is 0 Å². The number of para-hydroxylation sites is 2. The number of allylic oxidation sites excluding steroid dienone is 2. The fourth-order valence-electron chi connectivity index (χ4n) is 4.44. The summed E-state index contributed by atoms with van der Waals surface area (Å²) in [4.78, 5) is 15.5. The molecule has 4 unspecified atom stereocenters. The molecule has 6 heteroatoms. The van der Waals surface area contributed by atoms with Crippen molar-refractivity contribution in [2.75, 3.05) is 9.80 Å². The molecule has 1 aromatic rings. The van der Waals surface area contributed by atoms with Crippen molar-refractivity contribution in [3.05, 3.63) is 70.5 Å². The van der Waals surface area contributed by atoms with E-state index in [2.05, 4.69) is 51.5 Å². The van der Waals surface area contributed by atoms with E-state index in [1.54, 1.807) is 6.08 Å². The first-order valence-electron chi connectivity index (χ1n) is 8.85. The van der Waals surface area contributed by atoms with E-state index >= 15 is 0 Å². The lowest BCUT2D eigenvalue weighted by Gasteiger charge is -2.30. The summed E-state index contributed by atoms with van der Waals surface area (Å²) >= 11 is 0. The number of fused-ring (bicyclic) bond motifs is 5. The van der Waals surface area contributed by atoms with Gasteiger partial charge in [-0.05, 0) is 37.1 Å². The van der Waals surface area contributed by atoms with E-state index in [-0.39, 0.29) is 11.2 Å². The predicted octanol–water partition coefficient (Wildman–Crippen LogP) is 2.78. The highest BCUT2D eigenvalue weighted by Gasteiger charge is 2.49. The fraction of sp³-hybridized carbons (Fsp3) is 0.368. The maximum atomic E-state index is 11.0. The highest BCUT2D eigenvalue weighted by atomic mass is 16.6. The summed E-state index contributed by atoms with van der Waals surface area (Å²) in [5.41, 5.74) is 3.42. The second-order valence-corrected chi connectivity index (χ2v) is 6.99. The Bertz CT molecular complexity index is 815. The molecule has 2 aliphatic heterocycles. The van der Waals surface area contributed by atoms with E-state index in [4.69, 9.17) is 0 Å². The van der Waals surface area contributed by atoms with Gasteiger partial charge in [0, 0.05) is 23.1 Å². The second-order valence-electron chi connectivity index (χ2n) is 6.99. The van der Waals surface area contributed by atoms with Gasteiger partial charge in [0.2, 0.25) is 6.04 Å². The SMILES string of the molecule is O=[N+]([O-])C1C=CC(N2c3ccccc3N3C4C=CCCC4NC23)=CC1. The summed E-state index contributed by atoms with van der Waals surface area (Å²) in [6, 6.07) is 8.63. The van der Waals surface area contributed by atoms with Crippen LogP contribution in [0.4, 0.5) is 11.4 Å². The number of hydrogen-bond acceptors (Lipinski definition) is 5. The normalized spacial score (nSPS) is 32.2. The van der Waals surface area contributed by atoms with Crippen molar-refractivity contribution in [3.8, 4) is 0 Å². The zero-order valence-corrected chi connectivity index (χ0v) is 13.8. The molecule has 4 aliphatic rings. The van der Waals surface area contributed by atoms with Gasteiger partial charge in [0.15, 0.2) is 6.29 Å².